The fraction of sp³-hybridized carbons (Fsp3) is 0.364. The zero-order chi connectivity index (χ0) is 22.1. The van der Waals surface area contributed by atoms with Crippen molar-refractivity contribution < 1.29 is 22.7 Å². The predicted molar refractivity (Wildman–Crippen MR) is 112 cm³/mol. The molecule has 0 unspecified atom stereocenters. The highest BCUT2D eigenvalue weighted by molar-refractivity contribution is 7.89. The molecule has 0 bridgehead atoms. The molecule has 0 saturated heterocycles. The van der Waals surface area contributed by atoms with Crippen molar-refractivity contribution in [3.8, 4) is 0 Å². The minimum Gasteiger partial charge on any atom is -0.457 e. The third-order valence-electron chi connectivity index (χ3n) is 5.04. The molecule has 156 valence electrons. The maximum absolute atomic E-state index is 12.7. The van der Waals surface area contributed by atoms with Crippen molar-refractivity contribution in [2.75, 3.05) is 14.1 Å². The molecule has 0 spiro atoms. The lowest BCUT2D eigenvalue weighted by Gasteiger charge is -2.17. The van der Waals surface area contributed by atoms with Crippen molar-refractivity contribution >= 4 is 21.8 Å². The number of sulfonamides is 1. The van der Waals surface area contributed by atoms with Crippen LogP contribution in [0.3, 0.4) is 0 Å². The van der Waals surface area contributed by atoms with Crippen molar-refractivity contribution in [3.63, 3.8) is 0 Å². The lowest BCUT2D eigenvalue weighted by molar-refractivity contribution is 0.0470. The Labute approximate surface area is 172 Å². The first kappa shape index (κ1) is 22.8. The number of Topliss-reactive ketones (excluding diaryl/α,β-unsaturated/α-hetero) is 1. The number of nitrogens with zero attached hydrogens (tertiary/aromatic N) is 1. The van der Waals surface area contributed by atoms with Crippen LogP contribution in [0, 0.1) is 27.7 Å². The van der Waals surface area contributed by atoms with Crippen LogP contribution in [0.25, 0.3) is 0 Å². The van der Waals surface area contributed by atoms with Gasteiger partial charge in [0.2, 0.25) is 10.0 Å². The molecule has 0 aliphatic rings. The van der Waals surface area contributed by atoms with Gasteiger partial charge in [-0.3, -0.25) is 4.79 Å². The number of hydrogen-bond donors (Lipinski definition) is 0. The van der Waals surface area contributed by atoms with E-state index in [0.717, 1.165) is 26.6 Å². The number of rotatable bonds is 6. The Morgan fingerprint density at radius 3 is 2.14 bits per heavy atom. The Bertz CT molecular complexity index is 1080. The fourth-order valence-corrected chi connectivity index (χ4v) is 4.33. The summed E-state index contributed by atoms with van der Waals surface area (Å²) in [6, 6.07) is 6.29. The van der Waals surface area contributed by atoms with Gasteiger partial charge in [0.25, 0.3) is 0 Å². The van der Waals surface area contributed by atoms with E-state index >= 15 is 0 Å². The second-order valence-electron chi connectivity index (χ2n) is 7.39. The lowest BCUT2D eigenvalue weighted by atomic mass is 9.92. The first-order valence-electron chi connectivity index (χ1n) is 9.18. The third-order valence-corrected chi connectivity index (χ3v) is 6.85. The summed E-state index contributed by atoms with van der Waals surface area (Å²) < 4.78 is 31.3. The van der Waals surface area contributed by atoms with Gasteiger partial charge in [0, 0.05) is 19.7 Å². The summed E-state index contributed by atoms with van der Waals surface area (Å²) in [6.45, 7) is 8.87. The molecule has 0 radical (unpaired) electrons. The topological polar surface area (TPSA) is 80.8 Å². The quantitative estimate of drug-likeness (QED) is 0.528. The van der Waals surface area contributed by atoms with Crippen LogP contribution in [-0.2, 0) is 21.4 Å². The first-order chi connectivity index (χ1) is 13.4. The summed E-state index contributed by atoms with van der Waals surface area (Å²) in [6.07, 6.45) is 0. The maximum atomic E-state index is 12.7. The van der Waals surface area contributed by atoms with E-state index in [1.165, 1.54) is 33.2 Å². The summed E-state index contributed by atoms with van der Waals surface area (Å²) in [4.78, 5) is 24.7. The van der Waals surface area contributed by atoms with E-state index in [0.29, 0.717) is 11.1 Å². The highest BCUT2D eigenvalue weighted by Crippen LogP contribution is 2.25. The largest absolute Gasteiger partial charge is 0.457 e. The minimum absolute atomic E-state index is 0.00115. The summed E-state index contributed by atoms with van der Waals surface area (Å²) in [5, 5.41) is 0. The highest BCUT2D eigenvalue weighted by atomic mass is 32.2. The molecule has 0 N–H and O–H groups in total. The molecular weight excluding hydrogens is 390 g/mol. The fourth-order valence-electron chi connectivity index (χ4n) is 3.40. The summed E-state index contributed by atoms with van der Waals surface area (Å²) in [5.41, 5.74) is 4.85. The number of aryl methyl sites for hydroxylation is 3. The summed E-state index contributed by atoms with van der Waals surface area (Å²) in [7, 11) is -0.796. The van der Waals surface area contributed by atoms with Crippen LogP contribution in [0.1, 0.15) is 55.5 Å². The number of ketones is 1. The molecule has 2 aromatic carbocycles. The van der Waals surface area contributed by atoms with Crippen molar-refractivity contribution in [1.82, 2.24) is 4.31 Å². The van der Waals surface area contributed by atoms with Crippen molar-refractivity contribution in [2.45, 2.75) is 46.1 Å². The van der Waals surface area contributed by atoms with Gasteiger partial charge in [-0.1, -0.05) is 12.1 Å². The van der Waals surface area contributed by atoms with Crippen molar-refractivity contribution in [1.29, 1.82) is 0 Å². The zero-order valence-corrected chi connectivity index (χ0v) is 18.7. The standard InChI is InChI=1S/C22H27NO5S/c1-13-8-9-18(29(26,27)23(6)7)11-19(13)22(25)28-12-20-14(2)10-15(3)21(16(20)4)17(5)24/h8-11H,12H2,1-7H3. The molecule has 2 rings (SSSR count). The van der Waals surface area contributed by atoms with Gasteiger partial charge in [0.1, 0.15) is 6.61 Å². The molecule has 0 atom stereocenters. The molecule has 7 heteroatoms. The van der Waals surface area contributed by atoms with E-state index in [2.05, 4.69) is 0 Å². The lowest BCUT2D eigenvalue weighted by Crippen LogP contribution is -2.22. The van der Waals surface area contributed by atoms with Gasteiger partial charge in [-0.15, -0.1) is 0 Å². The maximum Gasteiger partial charge on any atom is 0.338 e. The first-order valence-corrected chi connectivity index (χ1v) is 10.6. The van der Waals surface area contributed by atoms with Crippen molar-refractivity contribution in [3.05, 3.63) is 63.2 Å². The van der Waals surface area contributed by atoms with Gasteiger partial charge < -0.3 is 4.74 Å². The summed E-state index contributed by atoms with van der Waals surface area (Å²) in [5.74, 6) is -0.646. The van der Waals surface area contributed by atoms with Gasteiger partial charge >= 0.3 is 5.97 Å². The number of benzene rings is 2. The van der Waals surface area contributed by atoms with Crippen LogP contribution >= 0.6 is 0 Å². The average Bonchev–Trinajstić information content (AvgIpc) is 2.60. The normalized spacial score (nSPS) is 11.6. The van der Waals surface area contributed by atoms with E-state index in [1.807, 2.05) is 26.8 Å². The highest BCUT2D eigenvalue weighted by Gasteiger charge is 2.21. The third kappa shape index (κ3) is 4.57. The number of esters is 1. The molecule has 0 aliphatic heterocycles. The van der Waals surface area contributed by atoms with Gasteiger partial charge in [0.15, 0.2) is 5.78 Å². The van der Waals surface area contributed by atoms with E-state index in [-0.39, 0.29) is 22.8 Å². The number of carbonyl (C=O) groups excluding carboxylic acids is 2. The van der Waals surface area contributed by atoms with E-state index in [1.54, 1.807) is 13.0 Å². The molecule has 0 fully saturated rings. The molecule has 29 heavy (non-hydrogen) atoms. The van der Waals surface area contributed by atoms with Gasteiger partial charge in [-0.05, 0) is 74.6 Å². The molecule has 0 aliphatic carbocycles. The van der Waals surface area contributed by atoms with Crippen LogP contribution in [0.5, 0.6) is 0 Å². The van der Waals surface area contributed by atoms with Crippen LogP contribution in [0.2, 0.25) is 0 Å². The Kier molecular flexibility index (Phi) is 6.65. The van der Waals surface area contributed by atoms with Crippen LogP contribution in [0.4, 0.5) is 0 Å². The molecule has 0 aromatic heterocycles. The second kappa shape index (κ2) is 8.47. The zero-order valence-electron chi connectivity index (χ0n) is 17.9. The van der Waals surface area contributed by atoms with Crippen molar-refractivity contribution in [2.24, 2.45) is 0 Å². The van der Waals surface area contributed by atoms with E-state index in [9.17, 15) is 18.0 Å². The van der Waals surface area contributed by atoms with E-state index < -0.39 is 16.0 Å². The smallest absolute Gasteiger partial charge is 0.338 e. The average molecular weight is 418 g/mol. The Morgan fingerprint density at radius 2 is 1.59 bits per heavy atom. The number of hydrogen-bond acceptors (Lipinski definition) is 5. The number of carbonyl (C=O) groups is 2. The second-order valence-corrected chi connectivity index (χ2v) is 9.54. The Morgan fingerprint density at radius 1 is 0.966 bits per heavy atom. The number of ether oxygens (including phenoxy) is 1. The van der Waals surface area contributed by atoms with E-state index in [4.69, 9.17) is 4.74 Å². The molecule has 2 aromatic rings. The Hall–Kier alpha value is -2.51. The molecule has 6 nitrogen and oxygen atoms in total. The van der Waals surface area contributed by atoms with Gasteiger partial charge in [0.05, 0.1) is 10.5 Å². The minimum atomic E-state index is -3.66. The van der Waals surface area contributed by atoms with Crippen LogP contribution < -0.4 is 0 Å². The molecule has 0 heterocycles. The summed E-state index contributed by atoms with van der Waals surface area (Å²) >= 11 is 0. The monoisotopic (exact) mass is 417 g/mol. The molecule has 0 saturated carbocycles. The predicted octanol–water partition coefficient (Wildman–Crippen LogP) is 3.73. The SMILES string of the molecule is CC(=O)c1c(C)cc(C)c(COC(=O)c2cc(S(=O)(=O)N(C)C)ccc2C)c1C. The van der Waals surface area contributed by atoms with Crippen LogP contribution in [-0.4, -0.2) is 38.6 Å². The van der Waals surface area contributed by atoms with Gasteiger partial charge in [-0.2, -0.15) is 0 Å². The molecule has 0 amide bonds. The molecular formula is C22H27NO5S. The van der Waals surface area contributed by atoms with Gasteiger partial charge in [-0.25, -0.2) is 17.5 Å². The van der Waals surface area contributed by atoms with Crippen LogP contribution in [0.15, 0.2) is 29.2 Å². The Balaban J connectivity index is 2.36.